The molecule has 0 atom stereocenters. The molecule has 26 heavy (non-hydrogen) atoms. The van der Waals surface area contributed by atoms with Gasteiger partial charge >= 0.3 is 6.18 Å². The Hall–Kier alpha value is -2.97. The van der Waals surface area contributed by atoms with Gasteiger partial charge in [-0.3, -0.25) is 0 Å². The number of rotatable bonds is 6. The number of hydrogen-bond acceptors (Lipinski definition) is 5. The lowest BCUT2D eigenvalue weighted by Gasteiger charge is -2.09. The van der Waals surface area contributed by atoms with Crippen LogP contribution < -0.4 is 9.47 Å². The van der Waals surface area contributed by atoms with E-state index in [0.717, 1.165) is 5.56 Å². The van der Waals surface area contributed by atoms with Gasteiger partial charge in [-0.15, -0.1) is 0 Å². The van der Waals surface area contributed by atoms with Gasteiger partial charge < -0.3 is 9.47 Å². The quantitative estimate of drug-likeness (QED) is 0.622. The average molecular weight is 367 g/mol. The first kappa shape index (κ1) is 17.8. The van der Waals surface area contributed by atoms with Crippen molar-refractivity contribution in [3.05, 3.63) is 54.2 Å². The molecule has 0 aliphatic carbocycles. The fraction of sp³-hybridized carbons (Fsp3) is 0.235. The number of halogens is 4. The van der Waals surface area contributed by atoms with Crippen molar-refractivity contribution < 1.29 is 27.0 Å². The number of hydrogen-bond donors (Lipinski definition) is 0. The van der Waals surface area contributed by atoms with Gasteiger partial charge in [-0.2, -0.15) is 13.2 Å². The normalized spacial score (nSPS) is 11.5. The van der Waals surface area contributed by atoms with E-state index in [0.29, 0.717) is 11.8 Å². The Bertz CT molecular complexity index is 885. The molecule has 0 radical (unpaired) electrons. The zero-order chi connectivity index (χ0) is 18.6. The van der Waals surface area contributed by atoms with Crippen molar-refractivity contribution in [3.8, 4) is 11.8 Å². The van der Waals surface area contributed by atoms with E-state index in [-0.39, 0.29) is 23.9 Å². The highest BCUT2D eigenvalue weighted by molar-refractivity contribution is 5.83. The zero-order valence-electron chi connectivity index (χ0n) is 13.3. The molecule has 0 aliphatic rings. The van der Waals surface area contributed by atoms with E-state index in [1.165, 1.54) is 30.7 Å². The van der Waals surface area contributed by atoms with Crippen LogP contribution in [0.25, 0.3) is 10.9 Å². The Morgan fingerprint density at radius 2 is 1.81 bits per heavy atom. The number of aromatic nitrogens is 3. The van der Waals surface area contributed by atoms with Gasteiger partial charge in [0.25, 0.3) is 0 Å². The average Bonchev–Trinajstić information content (AvgIpc) is 2.61. The molecule has 2 aromatic heterocycles. The minimum Gasteiger partial charge on any atom is -0.477 e. The van der Waals surface area contributed by atoms with Gasteiger partial charge in [0.2, 0.25) is 11.8 Å². The van der Waals surface area contributed by atoms with E-state index in [1.807, 2.05) is 0 Å². The van der Waals surface area contributed by atoms with Crippen LogP contribution in [0.4, 0.5) is 17.6 Å². The second-order valence-electron chi connectivity index (χ2n) is 5.32. The standard InChI is InChI=1S/C17H13F4N3O2/c18-13-3-1-2-12-15(13)23-10-24-16(12)25-7-6-11-4-5-14(22-8-11)26-9-17(19,20)21/h1-5,8,10H,6-7,9H2. The first-order valence-corrected chi connectivity index (χ1v) is 7.59. The van der Waals surface area contributed by atoms with Crippen LogP contribution >= 0.6 is 0 Å². The van der Waals surface area contributed by atoms with E-state index < -0.39 is 18.6 Å². The minimum absolute atomic E-state index is 0.107. The molecule has 1 aromatic carbocycles. The maximum atomic E-state index is 13.7. The summed E-state index contributed by atoms with van der Waals surface area (Å²) in [5.74, 6) is -0.315. The van der Waals surface area contributed by atoms with E-state index in [1.54, 1.807) is 12.1 Å². The summed E-state index contributed by atoms with van der Waals surface area (Å²) >= 11 is 0. The van der Waals surface area contributed by atoms with Crippen molar-refractivity contribution in [1.82, 2.24) is 15.0 Å². The van der Waals surface area contributed by atoms with Crippen LogP contribution in [-0.4, -0.2) is 34.3 Å². The third-order valence-corrected chi connectivity index (χ3v) is 3.39. The van der Waals surface area contributed by atoms with Crippen molar-refractivity contribution >= 4 is 10.9 Å². The lowest BCUT2D eigenvalue weighted by Crippen LogP contribution is -2.19. The van der Waals surface area contributed by atoms with Gasteiger partial charge in [0.1, 0.15) is 17.7 Å². The van der Waals surface area contributed by atoms with Gasteiger partial charge in [0.05, 0.1) is 12.0 Å². The number of pyridine rings is 1. The van der Waals surface area contributed by atoms with Crippen LogP contribution in [0, 0.1) is 5.82 Å². The summed E-state index contributed by atoms with van der Waals surface area (Å²) in [5, 5.41) is 0.460. The highest BCUT2D eigenvalue weighted by Crippen LogP contribution is 2.23. The van der Waals surface area contributed by atoms with Gasteiger partial charge in [-0.05, 0) is 17.7 Å². The molecule has 0 unspecified atom stereocenters. The molecule has 9 heteroatoms. The third kappa shape index (κ3) is 4.56. The summed E-state index contributed by atoms with van der Waals surface area (Å²) in [4.78, 5) is 11.7. The van der Waals surface area contributed by atoms with Crippen LogP contribution in [0.5, 0.6) is 11.8 Å². The summed E-state index contributed by atoms with van der Waals surface area (Å²) in [6.45, 7) is -1.16. The van der Waals surface area contributed by atoms with Crippen molar-refractivity contribution in [2.45, 2.75) is 12.6 Å². The highest BCUT2D eigenvalue weighted by atomic mass is 19.4. The van der Waals surface area contributed by atoms with Gasteiger partial charge in [-0.25, -0.2) is 19.3 Å². The fourth-order valence-corrected chi connectivity index (χ4v) is 2.21. The Kier molecular flexibility index (Phi) is 5.15. The maximum absolute atomic E-state index is 13.7. The molecule has 0 amide bonds. The third-order valence-electron chi connectivity index (χ3n) is 3.39. The maximum Gasteiger partial charge on any atom is 0.422 e. The fourth-order valence-electron chi connectivity index (χ4n) is 2.21. The van der Waals surface area contributed by atoms with Crippen LogP contribution in [0.15, 0.2) is 42.9 Å². The monoisotopic (exact) mass is 367 g/mol. The Balaban J connectivity index is 1.58. The molecule has 0 N–H and O–H groups in total. The summed E-state index contributed by atoms with van der Waals surface area (Å²) in [7, 11) is 0. The second kappa shape index (κ2) is 7.51. The van der Waals surface area contributed by atoms with E-state index in [9.17, 15) is 17.6 Å². The SMILES string of the molecule is Fc1cccc2c(OCCc3ccc(OCC(F)(F)F)nc3)ncnc12. The van der Waals surface area contributed by atoms with E-state index >= 15 is 0 Å². The van der Waals surface area contributed by atoms with Crippen LogP contribution in [0.2, 0.25) is 0 Å². The summed E-state index contributed by atoms with van der Waals surface area (Å²) in [6.07, 6.45) is -1.34. The Morgan fingerprint density at radius 1 is 0.962 bits per heavy atom. The molecule has 0 spiro atoms. The van der Waals surface area contributed by atoms with Gasteiger partial charge in [0, 0.05) is 18.7 Å². The topological polar surface area (TPSA) is 57.1 Å². The summed E-state index contributed by atoms with van der Waals surface area (Å²) in [5.41, 5.74) is 0.916. The first-order valence-electron chi connectivity index (χ1n) is 7.59. The van der Waals surface area contributed by atoms with Crippen LogP contribution in [-0.2, 0) is 6.42 Å². The molecular formula is C17H13F4N3O2. The van der Waals surface area contributed by atoms with E-state index in [2.05, 4.69) is 19.7 Å². The Labute approximate surface area is 145 Å². The van der Waals surface area contributed by atoms with Gasteiger partial charge in [-0.1, -0.05) is 12.1 Å². The van der Waals surface area contributed by atoms with Crippen molar-refractivity contribution in [1.29, 1.82) is 0 Å². The molecule has 2 heterocycles. The predicted octanol–water partition coefficient (Wildman–Crippen LogP) is 3.73. The predicted molar refractivity (Wildman–Crippen MR) is 84.5 cm³/mol. The Morgan fingerprint density at radius 3 is 2.54 bits per heavy atom. The second-order valence-corrected chi connectivity index (χ2v) is 5.32. The smallest absolute Gasteiger partial charge is 0.422 e. The van der Waals surface area contributed by atoms with Crippen LogP contribution in [0.1, 0.15) is 5.56 Å². The number of fused-ring (bicyclic) bond motifs is 1. The molecular weight excluding hydrogens is 354 g/mol. The molecule has 3 aromatic rings. The van der Waals surface area contributed by atoms with Crippen LogP contribution in [0.3, 0.4) is 0 Å². The molecule has 3 rings (SSSR count). The largest absolute Gasteiger partial charge is 0.477 e. The van der Waals surface area contributed by atoms with Gasteiger partial charge in [0.15, 0.2) is 6.61 Å². The minimum atomic E-state index is -4.41. The lowest BCUT2D eigenvalue weighted by molar-refractivity contribution is -0.154. The molecule has 136 valence electrons. The molecule has 5 nitrogen and oxygen atoms in total. The molecule has 0 saturated carbocycles. The van der Waals surface area contributed by atoms with Crippen molar-refractivity contribution in [2.24, 2.45) is 0 Å². The van der Waals surface area contributed by atoms with E-state index in [4.69, 9.17) is 4.74 Å². The molecule has 0 aliphatic heterocycles. The van der Waals surface area contributed by atoms with Crippen molar-refractivity contribution in [3.63, 3.8) is 0 Å². The molecule has 0 saturated heterocycles. The first-order chi connectivity index (χ1) is 12.4. The number of ether oxygens (including phenoxy) is 2. The number of para-hydroxylation sites is 1. The van der Waals surface area contributed by atoms with Crippen molar-refractivity contribution in [2.75, 3.05) is 13.2 Å². The molecule has 0 fully saturated rings. The molecule has 0 bridgehead atoms. The number of benzene rings is 1. The summed E-state index contributed by atoms with van der Waals surface area (Å²) in [6, 6.07) is 7.45. The highest BCUT2D eigenvalue weighted by Gasteiger charge is 2.28. The summed E-state index contributed by atoms with van der Waals surface area (Å²) < 4.78 is 60.0. The lowest BCUT2D eigenvalue weighted by atomic mass is 10.2. The number of alkyl halides is 3. The number of nitrogens with zero attached hydrogens (tertiary/aromatic N) is 3. The zero-order valence-corrected chi connectivity index (χ0v) is 13.3.